The summed E-state index contributed by atoms with van der Waals surface area (Å²) in [4.78, 5) is 28.4. The maximum absolute atomic E-state index is 14.5. The Morgan fingerprint density at radius 3 is 2.31 bits per heavy atom. The van der Waals surface area contributed by atoms with E-state index in [0.29, 0.717) is 12.1 Å². The van der Waals surface area contributed by atoms with Crippen LogP contribution >= 0.6 is 11.6 Å². The summed E-state index contributed by atoms with van der Waals surface area (Å²) in [7, 11) is 0. The van der Waals surface area contributed by atoms with E-state index in [0.717, 1.165) is 18.4 Å². The van der Waals surface area contributed by atoms with Gasteiger partial charge in [-0.2, -0.15) is 0 Å². The maximum Gasteiger partial charge on any atom is 0.243 e. The van der Waals surface area contributed by atoms with E-state index in [1.54, 1.807) is 12.1 Å². The number of nitrogens with zero attached hydrogens (tertiary/aromatic N) is 1. The minimum absolute atomic E-state index is 0.0594. The second kappa shape index (κ2) is 13.0. The van der Waals surface area contributed by atoms with E-state index in [-0.39, 0.29) is 35.9 Å². The molecule has 3 aromatic carbocycles. The summed E-state index contributed by atoms with van der Waals surface area (Å²) >= 11 is 6.18. The summed E-state index contributed by atoms with van der Waals surface area (Å²) in [6.07, 6.45) is 1.69. The molecule has 0 bridgehead atoms. The van der Waals surface area contributed by atoms with E-state index in [2.05, 4.69) is 5.32 Å². The van der Waals surface area contributed by atoms with Crippen molar-refractivity contribution in [3.05, 3.63) is 106 Å². The van der Waals surface area contributed by atoms with Crippen LogP contribution in [0, 0.1) is 11.6 Å². The molecule has 2 amide bonds. The highest BCUT2D eigenvalue weighted by Crippen LogP contribution is 2.22. The summed E-state index contributed by atoms with van der Waals surface area (Å²) in [5.41, 5.74) is 1.61. The van der Waals surface area contributed by atoms with Gasteiger partial charge in [0.25, 0.3) is 0 Å². The van der Waals surface area contributed by atoms with Crippen molar-refractivity contribution in [1.82, 2.24) is 10.2 Å². The Labute approximate surface area is 209 Å². The quantitative estimate of drug-likeness (QED) is 0.344. The second-order valence-electron chi connectivity index (χ2n) is 8.38. The van der Waals surface area contributed by atoms with Gasteiger partial charge >= 0.3 is 0 Å². The molecule has 184 valence electrons. The molecule has 0 saturated heterocycles. The van der Waals surface area contributed by atoms with Crippen molar-refractivity contribution < 1.29 is 18.4 Å². The zero-order valence-corrected chi connectivity index (χ0v) is 20.4. The Morgan fingerprint density at radius 2 is 1.66 bits per heavy atom. The van der Waals surface area contributed by atoms with Crippen molar-refractivity contribution in [2.24, 2.45) is 0 Å². The van der Waals surface area contributed by atoms with Gasteiger partial charge in [-0.25, -0.2) is 8.78 Å². The maximum atomic E-state index is 14.5. The van der Waals surface area contributed by atoms with Crippen LogP contribution in [0.4, 0.5) is 8.78 Å². The fourth-order valence-corrected chi connectivity index (χ4v) is 4.03. The molecule has 1 N–H and O–H groups in total. The van der Waals surface area contributed by atoms with Crippen molar-refractivity contribution in [2.45, 2.75) is 45.2 Å². The first-order valence-electron chi connectivity index (χ1n) is 11.7. The lowest BCUT2D eigenvalue weighted by molar-refractivity contribution is -0.140. The van der Waals surface area contributed by atoms with Crippen molar-refractivity contribution in [3.63, 3.8) is 0 Å². The van der Waals surface area contributed by atoms with Crippen LogP contribution < -0.4 is 5.32 Å². The number of benzene rings is 3. The highest BCUT2D eigenvalue weighted by atomic mass is 35.5. The number of rotatable bonds is 11. The number of carbonyl (C=O) groups is 2. The average Bonchev–Trinajstić information content (AvgIpc) is 2.85. The number of amides is 2. The van der Waals surface area contributed by atoms with E-state index in [4.69, 9.17) is 11.6 Å². The van der Waals surface area contributed by atoms with Gasteiger partial charge in [0.2, 0.25) is 11.8 Å². The predicted octanol–water partition coefficient (Wildman–Crippen LogP) is 5.72. The molecular formula is C28H29ClF2N2O2. The molecule has 0 aliphatic carbocycles. The zero-order valence-electron chi connectivity index (χ0n) is 19.6. The summed E-state index contributed by atoms with van der Waals surface area (Å²) in [5, 5.41) is 3.07. The highest BCUT2D eigenvalue weighted by molar-refractivity contribution is 6.31. The minimum atomic E-state index is -0.850. The molecule has 0 fully saturated rings. The molecule has 0 aliphatic rings. The van der Waals surface area contributed by atoms with E-state index >= 15 is 0 Å². The number of hydrogen-bond acceptors (Lipinski definition) is 2. The highest BCUT2D eigenvalue weighted by Gasteiger charge is 2.31. The van der Waals surface area contributed by atoms with Gasteiger partial charge in [0.15, 0.2) is 0 Å². The van der Waals surface area contributed by atoms with E-state index in [1.807, 2.05) is 37.3 Å². The standard InChI is InChI=1S/C28H29ClF2N2O2/c1-2-3-16-32-28(35)26(17-20-8-5-4-6-9-20)33(19-21-12-14-22(30)15-13-21)27(34)18-23-24(29)10-7-11-25(23)31/h4-15,26H,2-3,16-19H2,1H3,(H,32,35)/t26-/m0/s1. The average molecular weight is 499 g/mol. The third-order valence-electron chi connectivity index (χ3n) is 5.76. The number of hydrogen-bond donors (Lipinski definition) is 1. The lowest BCUT2D eigenvalue weighted by Crippen LogP contribution is -2.51. The molecule has 0 unspecified atom stereocenters. The SMILES string of the molecule is CCCCNC(=O)[C@H](Cc1ccccc1)N(Cc1ccc(F)cc1)C(=O)Cc1c(F)cccc1Cl. The zero-order chi connectivity index (χ0) is 25.2. The van der Waals surface area contributed by atoms with Gasteiger partial charge in [0.1, 0.15) is 17.7 Å². The van der Waals surface area contributed by atoms with Crippen LogP contribution in [0.5, 0.6) is 0 Å². The van der Waals surface area contributed by atoms with Crippen LogP contribution in [0.25, 0.3) is 0 Å². The summed E-state index contributed by atoms with van der Waals surface area (Å²) in [6, 6.07) is 18.5. The summed E-state index contributed by atoms with van der Waals surface area (Å²) in [5.74, 6) is -1.73. The van der Waals surface area contributed by atoms with Crippen LogP contribution in [-0.4, -0.2) is 29.3 Å². The van der Waals surface area contributed by atoms with Crippen molar-refractivity contribution in [1.29, 1.82) is 0 Å². The van der Waals surface area contributed by atoms with Gasteiger partial charge < -0.3 is 10.2 Å². The topological polar surface area (TPSA) is 49.4 Å². The summed E-state index contributed by atoms with van der Waals surface area (Å²) in [6.45, 7) is 2.57. The molecular weight excluding hydrogens is 470 g/mol. The molecule has 0 saturated carbocycles. The molecule has 0 heterocycles. The molecule has 0 spiro atoms. The molecule has 7 heteroatoms. The van der Waals surface area contributed by atoms with Crippen LogP contribution in [0.2, 0.25) is 5.02 Å². The normalized spacial score (nSPS) is 11.7. The first-order valence-corrected chi connectivity index (χ1v) is 12.0. The minimum Gasteiger partial charge on any atom is -0.354 e. The molecule has 0 aromatic heterocycles. The van der Waals surface area contributed by atoms with E-state index in [1.165, 1.54) is 35.2 Å². The van der Waals surface area contributed by atoms with Gasteiger partial charge in [0.05, 0.1) is 6.42 Å². The largest absolute Gasteiger partial charge is 0.354 e. The molecule has 0 aliphatic heterocycles. The van der Waals surface area contributed by atoms with Crippen LogP contribution in [0.3, 0.4) is 0 Å². The molecule has 35 heavy (non-hydrogen) atoms. The Bertz CT molecular complexity index is 1100. The molecule has 0 radical (unpaired) electrons. The predicted molar refractivity (Wildman–Crippen MR) is 134 cm³/mol. The second-order valence-corrected chi connectivity index (χ2v) is 8.78. The molecule has 1 atom stereocenters. The van der Waals surface area contributed by atoms with Crippen molar-refractivity contribution in [3.8, 4) is 0 Å². The Morgan fingerprint density at radius 1 is 0.943 bits per heavy atom. The van der Waals surface area contributed by atoms with Crippen molar-refractivity contribution >= 4 is 23.4 Å². The van der Waals surface area contributed by atoms with Gasteiger partial charge in [-0.05, 0) is 41.8 Å². The Hall–Kier alpha value is -3.25. The smallest absolute Gasteiger partial charge is 0.243 e. The summed E-state index contributed by atoms with van der Waals surface area (Å²) < 4.78 is 28.0. The first-order chi connectivity index (χ1) is 16.9. The first kappa shape index (κ1) is 26.4. The fourth-order valence-electron chi connectivity index (χ4n) is 3.80. The third-order valence-corrected chi connectivity index (χ3v) is 6.11. The van der Waals surface area contributed by atoms with Crippen LogP contribution in [-0.2, 0) is 29.0 Å². The molecule has 3 aromatic rings. The van der Waals surface area contributed by atoms with Crippen LogP contribution in [0.15, 0.2) is 72.8 Å². The van der Waals surface area contributed by atoms with E-state index < -0.39 is 23.6 Å². The van der Waals surface area contributed by atoms with E-state index in [9.17, 15) is 18.4 Å². The monoisotopic (exact) mass is 498 g/mol. The number of carbonyl (C=O) groups excluding carboxylic acids is 2. The number of nitrogens with one attached hydrogen (secondary N) is 1. The lowest BCUT2D eigenvalue weighted by Gasteiger charge is -2.32. The molecule has 3 rings (SSSR count). The van der Waals surface area contributed by atoms with Crippen molar-refractivity contribution in [2.75, 3.05) is 6.54 Å². The van der Waals surface area contributed by atoms with Crippen LogP contribution in [0.1, 0.15) is 36.5 Å². The third kappa shape index (κ3) is 7.62. The molecule has 4 nitrogen and oxygen atoms in total. The Balaban J connectivity index is 1.97. The van der Waals surface area contributed by atoms with Gasteiger partial charge in [-0.15, -0.1) is 0 Å². The Kier molecular flexibility index (Phi) is 9.79. The fraction of sp³-hybridized carbons (Fsp3) is 0.286. The van der Waals surface area contributed by atoms with Gasteiger partial charge in [0, 0.05) is 30.1 Å². The lowest BCUT2D eigenvalue weighted by atomic mass is 10.0. The van der Waals surface area contributed by atoms with Gasteiger partial charge in [-0.1, -0.05) is 73.5 Å². The number of unbranched alkanes of at least 4 members (excludes halogenated alkanes) is 1. The number of halogens is 3. The van der Waals surface area contributed by atoms with Gasteiger partial charge in [-0.3, -0.25) is 9.59 Å².